The van der Waals surface area contributed by atoms with E-state index in [-0.39, 0.29) is 5.69 Å². The summed E-state index contributed by atoms with van der Waals surface area (Å²) in [7, 11) is -3.57. The van der Waals surface area contributed by atoms with Crippen molar-refractivity contribution in [2.45, 2.75) is 25.3 Å². The van der Waals surface area contributed by atoms with Crippen LogP contribution >= 0.6 is 0 Å². The van der Waals surface area contributed by atoms with Crippen molar-refractivity contribution in [1.29, 1.82) is 0 Å². The zero-order valence-corrected chi connectivity index (χ0v) is 9.93. The molecule has 0 radical (unpaired) electrons. The predicted molar refractivity (Wildman–Crippen MR) is 56.9 cm³/mol. The number of aromatic nitrogens is 1. The third-order valence-corrected chi connectivity index (χ3v) is 3.70. The Bertz CT molecular complexity index is 480. The third kappa shape index (κ3) is 3.58. The molecule has 0 saturated heterocycles. The van der Waals surface area contributed by atoms with Crippen LogP contribution in [0.2, 0.25) is 0 Å². The summed E-state index contributed by atoms with van der Waals surface area (Å²) in [5.41, 5.74) is -1.06. The fourth-order valence-electron chi connectivity index (χ4n) is 0.904. The molecule has 4 nitrogen and oxygen atoms in total. The van der Waals surface area contributed by atoms with E-state index < -0.39 is 27.1 Å². The number of halogens is 3. The molecule has 1 aromatic heterocycles. The summed E-state index contributed by atoms with van der Waals surface area (Å²) >= 11 is 0. The minimum atomic E-state index is -4.53. The molecule has 0 aliphatic rings. The maximum absolute atomic E-state index is 12.2. The SMILES string of the molecule is CC(C)S(=O)(=O)Nc1ccc(C(F)(F)F)nc1. The van der Waals surface area contributed by atoms with Gasteiger partial charge in [0.1, 0.15) is 5.69 Å². The zero-order valence-electron chi connectivity index (χ0n) is 9.12. The van der Waals surface area contributed by atoms with E-state index >= 15 is 0 Å². The van der Waals surface area contributed by atoms with E-state index in [2.05, 4.69) is 9.71 Å². The van der Waals surface area contributed by atoms with Gasteiger partial charge in [0.2, 0.25) is 10.0 Å². The van der Waals surface area contributed by atoms with Crippen molar-refractivity contribution < 1.29 is 21.6 Å². The van der Waals surface area contributed by atoms with Gasteiger partial charge < -0.3 is 0 Å². The quantitative estimate of drug-likeness (QED) is 0.914. The summed E-state index contributed by atoms with van der Waals surface area (Å²) in [5.74, 6) is 0. The van der Waals surface area contributed by atoms with E-state index in [1.807, 2.05) is 0 Å². The lowest BCUT2D eigenvalue weighted by Crippen LogP contribution is -2.22. The highest BCUT2D eigenvalue weighted by atomic mass is 32.2. The fourth-order valence-corrected chi connectivity index (χ4v) is 1.59. The van der Waals surface area contributed by atoms with E-state index in [0.717, 1.165) is 18.3 Å². The zero-order chi connectivity index (χ0) is 13.3. The number of hydrogen-bond acceptors (Lipinski definition) is 3. The Balaban J connectivity index is 2.91. The molecule has 0 atom stereocenters. The third-order valence-electron chi connectivity index (χ3n) is 1.93. The summed E-state index contributed by atoms with van der Waals surface area (Å²) in [5, 5.41) is -0.676. The molecule has 0 amide bonds. The van der Waals surface area contributed by atoms with Crippen LogP contribution < -0.4 is 4.72 Å². The monoisotopic (exact) mass is 268 g/mol. The molecule has 1 N–H and O–H groups in total. The average molecular weight is 268 g/mol. The number of pyridine rings is 1. The molecular formula is C9H11F3N2O2S. The first-order valence-corrected chi connectivity index (χ1v) is 6.22. The van der Waals surface area contributed by atoms with Crippen LogP contribution in [0.5, 0.6) is 0 Å². The number of anilines is 1. The molecule has 0 aliphatic carbocycles. The van der Waals surface area contributed by atoms with Gasteiger partial charge in [-0.15, -0.1) is 0 Å². The topological polar surface area (TPSA) is 59.1 Å². The molecule has 0 aromatic carbocycles. The summed E-state index contributed by atoms with van der Waals surface area (Å²) in [6.07, 6.45) is -3.70. The van der Waals surface area contributed by atoms with Gasteiger partial charge in [-0.05, 0) is 26.0 Å². The Morgan fingerprint density at radius 1 is 1.29 bits per heavy atom. The molecular weight excluding hydrogens is 257 g/mol. The van der Waals surface area contributed by atoms with Crippen molar-refractivity contribution in [3.05, 3.63) is 24.0 Å². The Labute approximate surface area is 96.9 Å². The number of nitrogens with zero attached hydrogens (tertiary/aromatic N) is 1. The van der Waals surface area contributed by atoms with Gasteiger partial charge in [-0.25, -0.2) is 13.4 Å². The van der Waals surface area contributed by atoms with Crippen molar-refractivity contribution in [1.82, 2.24) is 4.98 Å². The molecule has 0 bridgehead atoms. The van der Waals surface area contributed by atoms with Crippen LogP contribution in [0.3, 0.4) is 0 Å². The highest BCUT2D eigenvalue weighted by Crippen LogP contribution is 2.27. The number of nitrogens with one attached hydrogen (secondary N) is 1. The number of sulfonamides is 1. The van der Waals surface area contributed by atoms with Gasteiger partial charge in [-0.3, -0.25) is 4.72 Å². The molecule has 17 heavy (non-hydrogen) atoms. The van der Waals surface area contributed by atoms with E-state index in [4.69, 9.17) is 0 Å². The van der Waals surface area contributed by atoms with Gasteiger partial charge in [-0.2, -0.15) is 13.2 Å². The second-order valence-corrected chi connectivity index (χ2v) is 5.86. The second kappa shape index (κ2) is 4.52. The van der Waals surface area contributed by atoms with Gasteiger partial charge in [0.05, 0.1) is 17.1 Å². The van der Waals surface area contributed by atoms with E-state index in [0.29, 0.717) is 0 Å². The van der Waals surface area contributed by atoms with Crippen LogP contribution in [0, 0.1) is 0 Å². The van der Waals surface area contributed by atoms with Crippen molar-refractivity contribution in [2.75, 3.05) is 4.72 Å². The largest absolute Gasteiger partial charge is 0.433 e. The lowest BCUT2D eigenvalue weighted by Gasteiger charge is -2.11. The predicted octanol–water partition coefficient (Wildman–Crippen LogP) is 2.25. The molecule has 0 unspecified atom stereocenters. The highest BCUT2D eigenvalue weighted by molar-refractivity contribution is 7.93. The van der Waals surface area contributed by atoms with Crippen LogP contribution in [-0.4, -0.2) is 18.7 Å². The summed E-state index contributed by atoms with van der Waals surface area (Å²) in [4.78, 5) is 3.14. The smallest absolute Gasteiger partial charge is 0.282 e. The molecule has 96 valence electrons. The van der Waals surface area contributed by atoms with Crippen LogP contribution in [0.1, 0.15) is 19.5 Å². The summed E-state index contributed by atoms with van der Waals surface area (Å²) in [6, 6.07) is 1.74. The van der Waals surface area contributed by atoms with Gasteiger partial charge in [0.25, 0.3) is 0 Å². The van der Waals surface area contributed by atoms with E-state index in [1.165, 1.54) is 13.8 Å². The number of rotatable bonds is 3. The number of hydrogen-bond donors (Lipinski definition) is 1. The average Bonchev–Trinajstić information content (AvgIpc) is 2.16. The Morgan fingerprint density at radius 3 is 2.24 bits per heavy atom. The maximum atomic E-state index is 12.2. The molecule has 1 heterocycles. The normalized spacial score (nSPS) is 12.8. The first-order chi connectivity index (χ1) is 7.63. The van der Waals surface area contributed by atoms with Gasteiger partial charge >= 0.3 is 6.18 Å². The van der Waals surface area contributed by atoms with Crippen molar-refractivity contribution in [3.63, 3.8) is 0 Å². The Hall–Kier alpha value is -1.31. The molecule has 0 saturated carbocycles. The van der Waals surface area contributed by atoms with Crippen LogP contribution in [0.25, 0.3) is 0 Å². The maximum Gasteiger partial charge on any atom is 0.433 e. The van der Waals surface area contributed by atoms with E-state index in [9.17, 15) is 21.6 Å². The standard InChI is InChI=1S/C9H11F3N2O2S/c1-6(2)17(15,16)14-7-3-4-8(13-5-7)9(10,11)12/h3-6,14H,1-2H3. The minimum absolute atomic E-state index is 0.00620. The molecule has 1 rings (SSSR count). The van der Waals surface area contributed by atoms with Crippen LogP contribution in [0.4, 0.5) is 18.9 Å². The fraction of sp³-hybridized carbons (Fsp3) is 0.444. The molecule has 0 fully saturated rings. The molecule has 8 heteroatoms. The Morgan fingerprint density at radius 2 is 1.88 bits per heavy atom. The first-order valence-electron chi connectivity index (χ1n) is 4.68. The summed E-state index contributed by atoms with van der Waals surface area (Å²) in [6.45, 7) is 2.92. The van der Waals surface area contributed by atoms with Crippen LogP contribution in [0.15, 0.2) is 18.3 Å². The van der Waals surface area contributed by atoms with E-state index in [1.54, 1.807) is 0 Å². The lowest BCUT2D eigenvalue weighted by molar-refractivity contribution is -0.141. The first kappa shape index (κ1) is 13.8. The van der Waals surface area contributed by atoms with Gasteiger partial charge in [-0.1, -0.05) is 0 Å². The van der Waals surface area contributed by atoms with Gasteiger partial charge in [0, 0.05) is 0 Å². The summed E-state index contributed by atoms with van der Waals surface area (Å²) < 4.78 is 61.5. The second-order valence-electron chi connectivity index (χ2n) is 3.63. The molecule has 0 spiro atoms. The minimum Gasteiger partial charge on any atom is -0.282 e. The van der Waals surface area contributed by atoms with Gasteiger partial charge in [0.15, 0.2) is 0 Å². The lowest BCUT2D eigenvalue weighted by atomic mass is 10.3. The van der Waals surface area contributed by atoms with Crippen LogP contribution in [-0.2, 0) is 16.2 Å². The van der Waals surface area contributed by atoms with Crippen molar-refractivity contribution >= 4 is 15.7 Å². The van der Waals surface area contributed by atoms with Crippen molar-refractivity contribution in [3.8, 4) is 0 Å². The van der Waals surface area contributed by atoms with Crippen molar-refractivity contribution in [2.24, 2.45) is 0 Å². The molecule has 0 aliphatic heterocycles. The number of alkyl halides is 3. The molecule has 1 aromatic rings. The Kier molecular flexibility index (Phi) is 3.65. The highest BCUT2D eigenvalue weighted by Gasteiger charge is 2.32.